The first kappa shape index (κ1) is 19.9. The van der Waals surface area contributed by atoms with Gasteiger partial charge in [0.25, 0.3) is 0 Å². The van der Waals surface area contributed by atoms with Gasteiger partial charge in [-0.05, 0) is 38.0 Å². The first-order chi connectivity index (χ1) is 13.5. The molecule has 7 heteroatoms. The van der Waals surface area contributed by atoms with Crippen molar-refractivity contribution < 1.29 is 13.5 Å². The Labute approximate surface area is 163 Å². The molecule has 0 aliphatic carbocycles. The van der Waals surface area contributed by atoms with E-state index in [0.29, 0.717) is 25.6 Å². The molecule has 0 amide bonds. The molecule has 5 nitrogen and oxygen atoms in total. The molecule has 0 saturated carbocycles. The molecule has 0 spiro atoms. The molecular formula is C21H24F2N4O. The first-order valence-electron chi connectivity index (χ1n) is 9.28. The highest BCUT2D eigenvalue weighted by atomic mass is 19.1. The van der Waals surface area contributed by atoms with Crippen LogP contribution in [-0.2, 0) is 13.1 Å². The van der Waals surface area contributed by atoms with Crippen LogP contribution in [0.1, 0.15) is 35.9 Å². The van der Waals surface area contributed by atoms with Crippen LogP contribution in [-0.4, -0.2) is 21.4 Å². The lowest BCUT2D eigenvalue weighted by atomic mass is 10.2. The summed E-state index contributed by atoms with van der Waals surface area (Å²) in [5.41, 5.74) is 3.88. The third-order valence-electron chi connectivity index (χ3n) is 4.46. The normalized spacial score (nSPS) is 11.0. The lowest BCUT2D eigenvalue weighted by molar-refractivity contribution is 0.305. The molecule has 1 N–H and O–H groups in total. The van der Waals surface area contributed by atoms with Gasteiger partial charge in [-0.2, -0.15) is 5.10 Å². The highest BCUT2D eigenvalue weighted by Crippen LogP contribution is 2.21. The van der Waals surface area contributed by atoms with E-state index in [4.69, 9.17) is 4.74 Å². The summed E-state index contributed by atoms with van der Waals surface area (Å²) in [6.45, 7) is 7.67. The van der Waals surface area contributed by atoms with Crippen molar-refractivity contribution in [2.24, 2.45) is 0 Å². The fourth-order valence-corrected chi connectivity index (χ4v) is 2.96. The quantitative estimate of drug-likeness (QED) is 0.629. The lowest BCUT2D eigenvalue weighted by Crippen LogP contribution is -2.14. The van der Waals surface area contributed by atoms with Crippen LogP contribution in [0.5, 0.6) is 5.88 Å². The Morgan fingerprint density at radius 3 is 2.61 bits per heavy atom. The Balaban J connectivity index is 1.66. The van der Waals surface area contributed by atoms with Gasteiger partial charge in [-0.1, -0.05) is 13.0 Å². The molecule has 0 unspecified atom stereocenters. The Bertz CT molecular complexity index is 938. The van der Waals surface area contributed by atoms with E-state index in [1.807, 2.05) is 26.0 Å². The minimum atomic E-state index is -0.637. The second-order valence-electron chi connectivity index (χ2n) is 6.61. The molecular weight excluding hydrogens is 362 g/mol. The van der Waals surface area contributed by atoms with Gasteiger partial charge in [0.1, 0.15) is 11.5 Å². The highest BCUT2D eigenvalue weighted by Gasteiger charge is 2.15. The fraction of sp³-hybridized carbons (Fsp3) is 0.333. The smallest absolute Gasteiger partial charge is 0.213 e. The summed E-state index contributed by atoms with van der Waals surface area (Å²) in [5.74, 6) is -0.620. The van der Waals surface area contributed by atoms with Gasteiger partial charge in [-0.15, -0.1) is 0 Å². The molecule has 3 rings (SSSR count). The third kappa shape index (κ3) is 4.54. The molecule has 148 valence electrons. The van der Waals surface area contributed by atoms with Crippen molar-refractivity contribution in [3.8, 4) is 11.6 Å². The summed E-state index contributed by atoms with van der Waals surface area (Å²) >= 11 is 0. The van der Waals surface area contributed by atoms with Gasteiger partial charge in [0, 0.05) is 42.7 Å². The number of nitrogens with one attached hydrogen (secondary N) is 1. The van der Waals surface area contributed by atoms with Gasteiger partial charge in [-0.3, -0.25) is 0 Å². The van der Waals surface area contributed by atoms with Gasteiger partial charge >= 0.3 is 0 Å². The number of ether oxygens (including phenoxy) is 1. The SMILES string of the molecule is CCCOc1ccc(CNCc2c(C)nn(-c3ccc(F)cc3F)c2C)cn1. The van der Waals surface area contributed by atoms with Gasteiger partial charge in [-0.25, -0.2) is 18.4 Å². The van der Waals surface area contributed by atoms with Crippen LogP contribution in [0, 0.1) is 25.5 Å². The van der Waals surface area contributed by atoms with Crippen LogP contribution < -0.4 is 10.1 Å². The molecule has 3 aromatic rings. The molecule has 0 saturated heterocycles. The predicted octanol–water partition coefficient (Wildman–Crippen LogP) is 4.24. The number of rotatable bonds is 8. The van der Waals surface area contributed by atoms with Crippen molar-refractivity contribution in [1.82, 2.24) is 20.1 Å². The number of benzene rings is 1. The van der Waals surface area contributed by atoms with Crippen LogP contribution in [0.25, 0.3) is 5.69 Å². The van der Waals surface area contributed by atoms with Crippen molar-refractivity contribution in [2.45, 2.75) is 40.3 Å². The predicted molar refractivity (Wildman–Crippen MR) is 104 cm³/mol. The average Bonchev–Trinajstić information content (AvgIpc) is 2.95. The summed E-state index contributed by atoms with van der Waals surface area (Å²) in [4.78, 5) is 4.29. The van der Waals surface area contributed by atoms with E-state index in [-0.39, 0.29) is 5.69 Å². The number of aromatic nitrogens is 3. The van der Waals surface area contributed by atoms with Gasteiger partial charge < -0.3 is 10.1 Å². The molecule has 0 atom stereocenters. The summed E-state index contributed by atoms with van der Waals surface area (Å²) in [6, 6.07) is 7.33. The number of nitrogens with zero attached hydrogens (tertiary/aromatic N) is 3. The van der Waals surface area contributed by atoms with E-state index in [9.17, 15) is 8.78 Å². The van der Waals surface area contributed by atoms with Crippen LogP contribution >= 0.6 is 0 Å². The van der Waals surface area contributed by atoms with E-state index in [1.165, 1.54) is 16.8 Å². The summed E-state index contributed by atoms with van der Waals surface area (Å²) < 4.78 is 34.3. The van der Waals surface area contributed by atoms with E-state index in [2.05, 4.69) is 22.3 Å². The Kier molecular flexibility index (Phi) is 6.36. The molecule has 0 aliphatic rings. The van der Waals surface area contributed by atoms with E-state index >= 15 is 0 Å². The maximum Gasteiger partial charge on any atom is 0.213 e. The second-order valence-corrected chi connectivity index (χ2v) is 6.61. The summed E-state index contributed by atoms with van der Waals surface area (Å²) in [7, 11) is 0. The van der Waals surface area contributed by atoms with Crippen LogP contribution in [0.3, 0.4) is 0 Å². The molecule has 1 aromatic carbocycles. The van der Waals surface area contributed by atoms with E-state index in [0.717, 1.165) is 35.0 Å². The minimum absolute atomic E-state index is 0.236. The summed E-state index contributed by atoms with van der Waals surface area (Å²) in [5, 5.41) is 7.78. The van der Waals surface area contributed by atoms with Crippen molar-refractivity contribution in [3.05, 3.63) is 70.7 Å². The zero-order valence-electron chi connectivity index (χ0n) is 16.3. The van der Waals surface area contributed by atoms with E-state index < -0.39 is 11.6 Å². The molecule has 0 aliphatic heterocycles. The average molecular weight is 386 g/mol. The largest absolute Gasteiger partial charge is 0.478 e. The van der Waals surface area contributed by atoms with Crippen molar-refractivity contribution in [2.75, 3.05) is 6.61 Å². The van der Waals surface area contributed by atoms with Gasteiger partial charge in [0.2, 0.25) is 5.88 Å². The van der Waals surface area contributed by atoms with Crippen LogP contribution in [0.4, 0.5) is 8.78 Å². The maximum atomic E-state index is 14.1. The molecule has 28 heavy (non-hydrogen) atoms. The van der Waals surface area contributed by atoms with Crippen LogP contribution in [0.2, 0.25) is 0 Å². The molecule has 0 fully saturated rings. The fourth-order valence-electron chi connectivity index (χ4n) is 2.96. The lowest BCUT2D eigenvalue weighted by Gasteiger charge is -2.08. The Morgan fingerprint density at radius 2 is 1.93 bits per heavy atom. The number of halogens is 2. The number of aryl methyl sites for hydroxylation is 1. The maximum absolute atomic E-state index is 14.1. The van der Waals surface area contributed by atoms with Crippen molar-refractivity contribution in [3.63, 3.8) is 0 Å². The molecule has 2 aromatic heterocycles. The Hall–Kier alpha value is -2.80. The van der Waals surface area contributed by atoms with Gasteiger partial charge in [0.05, 0.1) is 12.3 Å². The molecule has 0 radical (unpaired) electrons. The van der Waals surface area contributed by atoms with Crippen LogP contribution in [0.15, 0.2) is 36.5 Å². The zero-order chi connectivity index (χ0) is 20.1. The highest BCUT2D eigenvalue weighted by molar-refractivity contribution is 5.38. The first-order valence-corrected chi connectivity index (χ1v) is 9.28. The summed E-state index contributed by atoms with van der Waals surface area (Å²) in [6.07, 6.45) is 2.73. The number of hydrogen-bond acceptors (Lipinski definition) is 4. The Morgan fingerprint density at radius 1 is 1.11 bits per heavy atom. The monoisotopic (exact) mass is 386 g/mol. The van der Waals surface area contributed by atoms with Crippen molar-refractivity contribution >= 4 is 0 Å². The minimum Gasteiger partial charge on any atom is -0.478 e. The van der Waals surface area contributed by atoms with E-state index in [1.54, 1.807) is 6.20 Å². The zero-order valence-corrected chi connectivity index (χ0v) is 16.3. The van der Waals surface area contributed by atoms with Crippen molar-refractivity contribution in [1.29, 1.82) is 0 Å². The number of hydrogen-bond donors (Lipinski definition) is 1. The third-order valence-corrected chi connectivity index (χ3v) is 4.46. The number of pyridine rings is 1. The van der Waals surface area contributed by atoms with Gasteiger partial charge in [0.15, 0.2) is 5.82 Å². The molecule has 0 bridgehead atoms. The standard InChI is InChI=1S/C21H24F2N4O/c1-4-9-28-21-8-5-16(12-25-21)11-24-13-18-14(2)26-27(15(18)3)20-7-6-17(22)10-19(20)23/h5-8,10,12,24H,4,9,11,13H2,1-3H3. The molecule has 2 heterocycles. The second kappa shape index (κ2) is 8.93. The topological polar surface area (TPSA) is 52.0 Å².